The van der Waals surface area contributed by atoms with Crippen molar-refractivity contribution in [1.82, 2.24) is 0 Å². The van der Waals surface area contributed by atoms with E-state index in [1.54, 1.807) is 12.0 Å². The first kappa shape index (κ1) is 15.2. The lowest BCUT2D eigenvalue weighted by Crippen LogP contribution is -3.10. The number of hydrogen-bond donors (Lipinski definition) is 2. The van der Waals surface area contributed by atoms with E-state index in [2.05, 4.69) is 6.07 Å². The molecule has 0 saturated carbocycles. The second-order valence-corrected chi connectivity index (χ2v) is 6.34. The van der Waals surface area contributed by atoms with E-state index in [0.717, 1.165) is 23.2 Å². The van der Waals surface area contributed by atoms with Crippen molar-refractivity contribution in [3.8, 4) is 11.5 Å². The molecular weight excluding hydrogens is 274 g/mol. The van der Waals surface area contributed by atoms with Gasteiger partial charge in [0.2, 0.25) is 0 Å². The molecule has 2 N–H and O–H groups in total. The molecule has 1 fully saturated rings. The lowest BCUT2D eigenvalue weighted by molar-refractivity contribution is -0.914. The van der Waals surface area contributed by atoms with Gasteiger partial charge < -0.3 is 14.7 Å². The summed E-state index contributed by atoms with van der Waals surface area (Å²) < 4.78 is 5.36. The summed E-state index contributed by atoms with van der Waals surface area (Å²) in [7, 11) is 1.69. The summed E-state index contributed by atoms with van der Waals surface area (Å²) in [5.41, 5.74) is 1.06. The number of methoxy groups -OCH3 is 1. The number of nitrogens with one attached hydrogen (secondary N) is 1. The van der Waals surface area contributed by atoms with Gasteiger partial charge >= 0.3 is 0 Å². The minimum atomic E-state index is 0.412. The monoisotopic (exact) mass is 300 g/mol. The van der Waals surface area contributed by atoms with Gasteiger partial charge in [-0.3, -0.25) is 0 Å². The summed E-state index contributed by atoms with van der Waals surface area (Å²) in [5.74, 6) is 1.26. The van der Waals surface area contributed by atoms with Gasteiger partial charge in [-0.25, -0.2) is 0 Å². The molecule has 118 valence electrons. The highest BCUT2D eigenvalue weighted by Crippen LogP contribution is 2.29. The van der Waals surface area contributed by atoms with E-state index in [9.17, 15) is 5.11 Å². The zero-order valence-corrected chi connectivity index (χ0v) is 13.4. The molecule has 0 unspecified atom stereocenters. The van der Waals surface area contributed by atoms with Gasteiger partial charge in [-0.05, 0) is 54.7 Å². The maximum absolute atomic E-state index is 10.4. The number of likely N-dealkylation sites (tertiary alicyclic amines) is 1. The summed E-state index contributed by atoms with van der Waals surface area (Å²) in [6.07, 6.45) is 6.66. The molecule has 1 aliphatic heterocycles. The van der Waals surface area contributed by atoms with E-state index in [1.165, 1.54) is 50.6 Å². The average molecular weight is 300 g/mol. The maximum atomic E-state index is 10.4. The van der Waals surface area contributed by atoms with Gasteiger partial charge in [0, 0.05) is 0 Å². The lowest BCUT2D eigenvalue weighted by Gasteiger charge is -2.23. The van der Waals surface area contributed by atoms with E-state index in [4.69, 9.17) is 4.74 Å². The first-order valence-corrected chi connectivity index (χ1v) is 8.40. The van der Waals surface area contributed by atoms with Crippen LogP contribution in [0.4, 0.5) is 0 Å². The first-order valence-electron chi connectivity index (χ1n) is 8.40. The summed E-state index contributed by atoms with van der Waals surface area (Å²) in [6.45, 7) is 3.32. The SMILES string of the molecule is COc1ccc2ccc(O)c(C[NH+]3CCCCCCC3)c2c1. The van der Waals surface area contributed by atoms with Crippen LogP contribution in [0.5, 0.6) is 11.5 Å². The summed E-state index contributed by atoms with van der Waals surface area (Å²) >= 11 is 0. The number of fused-ring (bicyclic) bond motifs is 1. The quantitative estimate of drug-likeness (QED) is 0.914. The minimum Gasteiger partial charge on any atom is -0.507 e. The fourth-order valence-electron chi connectivity index (χ4n) is 3.49. The molecule has 1 saturated heterocycles. The minimum absolute atomic E-state index is 0.412. The highest BCUT2D eigenvalue weighted by atomic mass is 16.5. The lowest BCUT2D eigenvalue weighted by atomic mass is 10.0. The predicted molar refractivity (Wildman–Crippen MR) is 89.7 cm³/mol. The fourth-order valence-corrected chi connectivity index (χ4v) is 3.49. The van der Waals surface area contributed by atoms with Crippen molar-refractivity contribution < 1.29 is 14.7 Å². The molecule has 1 aliphatic rings. The molecule has 0 aliphatic carbocycles. The van der Waals surface area contributed by atoms with E-state index in [0.29, 0.717) is 5.75 Å². The zero-order valence-electron chi connectivity index (χ0n) is 13.4. The van der Waals surface area contributed by atoms with Gasteiger partial charge in [-0.1, -0.05) is 18.6 Å². The Kier molecular flexibility index (Phi) is 4.84. The Hall–Kier alpha value is -1.74. The molecule has 3 rings (SSSR count). The molecule has 0 spiro atoms. The number of phenols is 1. The second kappa shape index (κ2) is 7.01. The van der Waals surface area contributed by atoms with Crippen LogP contribution in [0.1, 0.15) is 37.7 Å². The average Bonchev–Trinajstić information content (AvgIpc) is 2.51. The van der Waals surface area contributed by atoms with Gasteiger partial charge in [0.1, 0.15) is 18.0 Å². The molecule has 0 bridgehead atoms. The number of benzene rings is 2. The number of quaternary nitrogens is 1. The topological polar surface area (TPSA) is 33.9 Å². The number of rotatable bonds is 3. The number of hydrogen-bond acceptors (Lipinski definition) is 2. The number of aromatic hydroxyl groups is 1. The Labute approximate surface area is 132 Å². The third-order valence-electron chi connectivity index (χ3n) is 4.80. The van der Waals surface area contributed by atoms with Crippen molar-refractivity contribution in [2.75, 3.05) is 20.2 Å². The highest BCUT2D eigenvalue weighted by molar-refractivity contribution is 5.88. The normalized spacial score (nSPS) is 17.1. The molecular formula is C19H26NO2+. The van der Waals surface area contributed by atoms with Gasteiger partial charge in [0.25, 0.3) is 0 Å². The van der Waals surface area contributed by atoms with Gasteiger partial charge in [0.05, 0.1) is 25.8 Å². The van der Waals surface area contributed by atoms with Gasteiger partial charge in [0.15, 0.2) is 0 Å². The van der Waals surface area contributed by atoms with E-state index < -0.39 is 0 Å². The van der Waals surface area contributed by atoms with Crippen molar-refractivity contribution in [2.24, 2.45) is 0 Å². The van der Waals surface area contributed by atoms with Gasteiger partial charge in [-0.2, -0.15) is 0 Å². The third-order valence-corrected chi connectivity index (χ3v) is 4.80. The molecule has 1 heterocycles. The standard InChI is InChI=1S/C19H25NO2/c1-22-16-9-7-15-8-10-19(21)18(17(15)13-16)14-20-11-5-3-2-4-6-12-20/h7-10,13,21H,2-6,11-12,14H2,1H3/p+1. The third kappa shape index (κ3) is 3.36. The van der Waals surface area contributed by atoms with E-state index in [1.807, 2.05) is 24.3 Å². The Bertz CT molecular complexity index is 631. The van der Waals surface area contributed by atoms with Crippen molar-refractivity contribution in [1.29, 1.82) is 0 Å². The van der Waals surface area contributed by atoms with Crippen LogP contribution >= 0.6 is 0 Å². The first-order chi connectivity index (χ1) is 10.8. The van der Waals surface area contributed by atoms with Gasteiger partial charge in [-0.15, -0.1) is 0 Å². The van der Waals surface area contributed by atoms with Crippen LogP contribution in [0.15, 0.2) is 30.3 Å². The Morgan fingerprint density at radius 1 is 1.00 bits per heavy atom. The molecule has 3 nitrogen and oxygen atoms in total. The largest absolute Gasteiger partial charge is 0.507 e. The van der Waals surface area contributed by atoms with Crippen LogP contribution in [0.3, 0.4) is 0 Å². The summed E-state index contributed by atoms with van der Waals surface area (Å²) in [6, 6.07) is 9.91. The number of phenolic OH excluding ortho intramolecular Hbond substituents is 1. The second-order valence-electron chi connectivity index (χ2n) is 6.34. The van der Waals surface area contributed by atoms with Crippen LogP contribution in [0.2, 0.25) is 0 Å². The Balaban J connectivity index is 1.92. The molecule has 2 aromatic rings. The van der Waals surface area contributed by atoms with Crippen LogP contribution in [0, 0.1) is 0 Å². The van der Waals surface area contributed by atoms with Crippen molar-refractivity contribution in [3.05, 3.63) is 35.9 Å². The summed E-state index contributed by atoms with van der Waals surface area (Å²) in [5, 5.41) is 12.7. The smallest absolute Gasteiger partial charge is 0.125 e. The highest BCUT2D eigenvalue weighted by Gasteiger charge is 2.16. The fraction of sp³-hybridized carbons (Fsp3) is 0.474. The van der Waals surface area contributed by atoms with Crippen LogP contribution in [-0.2, 0) is 6.54 Å². The van der Waals surface area contributed by atoms with Crippen molar-refractivity contribution in [2.45, 2.75) is 38.6 Å². The van der Waals surface area contributed by atoms with E-state index >= 15 is 0 Å². The molecule has 0 aromatic heterocycles. The maximum Gasteiger partial charge on any atom is 0.125 e. The molecule has 0 atom stereocenters. The summed E-state index contributed by atoms with van der Waals surface area (Å²) in [4.78, 5) is 1.59. The van der Waals surface area contributed by atoms with E-state index in [-0.39, 0.29) is 0 Å². The van der Waals surface area contributed by atoms with Crippen LogP contribution in [-0.4, -0.2) is 25.3 Å². The molecule has 0 radical (unpaired) electrons. The van der Waals surface area contributed by atoms with Crippen LogP contribution < -0.4 is 9.64 Å². The number of ether oxygens (including phenoxy) is 1. The molecule has 2 aromatic carbocycles. The Morgan fingerprint density at radius 3 is 2.41 bits per heavy atom. The zero-order chi connectivity index (χ0) is 15.4. The molecule has 0 amide bonds. The van der Waals surface area contributed by atoms with Crippen LogP contribution in [0.25, 0.3) is 10.8 Å². The molecule has 22 heavy (non-hydrogen) atoms. The van der Waals surface area contributed by atoms with Crippen molar-refractivity contribution in [3.63, 3.8) is 0 Å². The van der Waals surface area contributed by atoms with Crippen molar-refractivity contribution >= 4 is 10.8 Å². The molecule has 3 heteroatoms. The Morgan fingerprint density at radius 2 is 1.68 bits per heavy atom. The predicted octanol–water partition coefficient (Wildman–Crippen LogP) is 2.90.